The molecule has 100 valence electrons. The fourth-order valence-electron chi connectivity index (χ4n) is 1.98. The molecule has 1 aromatic rings. The van der Waals surface area contributed by atoms with Crippen LogP contribution in [0.1, 0.15) is 15.2 Å². The van der Waals surface area contributed by atoms with E-state index in [2.05, 4.69) is 21.2 Å². The molecule has 1 aliphatic rings. The van der Waals surface area contributed by atoms with E-state index in [1.165, 1.54) is 11.3 Å². The second-order valence-corrected chi connectivity index (χ2v) is 6.74. The van der Waals surface area contributed by atoms with Gasteiger partial charge < -0.3 is 15.0 Å². The van der Waals surface area contributed by atoms with E-state index in [1.54, 1.807) is 0 Å². The van der Waals surface area contributed by atoms with Crippen molar-refractivity contribution < 1.29 is 9.53 Å². The number of likely N-dealkylation sites (N-methyl/N-ethyl adjacent to an activating group) is 1. The zero-order valence-electron chi connectivity index (χ0n) is 10.5. The summed E-state index contributed by atoms with van der Waals surface area (Å²) in [5.41, 5.74) is 1.11. The molecule has 0 aromatic carbocycles. The number of carbonyl (C=O) groups is 1. The first-order valence-electron chi connectivity index (χ1n) is 5.93. The van der Waals surface area contributed by atoms with Gasteiger partial charge in [-0.3, -0.25) is 4.79 Å². The van der Waals surface area contributed by atoms with Gasteiger partial charge in [0.15, 0.2) is 0 Å². The van der Waals surface area contributed by atoms with Crippen molar-refractivity contribution in [1.82, 2.24) is 10.2 Å². The van der Waals surface area contributed by atoms with E-state index < -0.39 is 0 Å². The van der Waals surface area contributed by atoms with Crippen LogP contribution in [0, 0.1) is 6.92 Å². The Bertz CT molecular complexity index is 414. The molecule has 6 heteroatoms. The Labute approximate surface area is 119 Å². The lowest BCUT2D eigenvalue weighted by Gasteiger charge is -2.32. The summed E-state index contributed by atoms with van der Waals surface area (Å²) >= 11 is 4.96. The largest absolute Gasteiger partial charge is 0.373 e. The lowest BCUT2D eigenvalue weighted by Crippen LogP contribution is -2.48. The molecule has 1 aromatic heterocycles. The summed E-state index contributed by atoms with van der Waals surface area (Å²) in [5, 5.41) is 3.08. The SMILES string of the molecule is CNCC1CN(C(=O)c2cc(C)c(Br)s2)CCO1. The average molecular weight is 333 g/mol. The Balaban J connectivity index is 2.04. The van der Waals surface area contributed by atoms with Gasteiger partial charge in [-0.2, -0.15) is 0 Å². The maximum Gasteiger partial charge on any atom is 0.264 e. The van der Waals surface area contributed by atoms with Gasteiger partial charge in [0.2, 0.25) is 0 Å². The van der Waals surface area contributed by atoms with Gasteiger partial charge in [0.25, 0.3) is 5.91 Å². The van der Waals surface area contributed by atoms with Gasteiger partial charge in [0.05, 0.1) is 21.4 Å². The summed E-state index contributed by atoms with van der Waals surface area (Å²) in [7, 11) is 1.89. The van der Waals surface area contributed by atoms with Gasteiger partial charge in [0.1, 0.15) is 0 Å². The third kappa shape index (κ3) is 3.12. The van der Waals surface area contributed by atoms with Crippen LogP contribution >= 0.6 is 27.3 Å². The molecule has 0 bridgehead atoms. The highest BCUT2D eigenvalue weighted by Crippen LogP contribution is 2.28. The molecule has 2 rings (SSSR count). The number of aryl methyl sites for hydroxylation is 1. The highest BCUT2D eigenvalue weighted by atomic mass is 79.9. The smallest absolute Gasteiger partial charge is 0.264 e. The van der Waals surface area contributed by atoms with E-state index in [4.69, 9.17) is 4.74 Å². The number of hydrogen-bond acceptors (Lipinski definition) is 4. The van der Waals surface area contributed by atoms with E-state index in [9.17, 15) is 4.79 Å². The van der Waals surface area contributed by atoms with Crippen LogP contribution < -0.4 is 5.32 Å². The summed E-state index contributed by atoms with van der Waals surface area (Å²) in [6.07, 6.45) is 0.0946. The van der Waals surface area contributed by atoms with Crippen LogP contribution in [0.4, 0.5) is 0 Å². The Hall–Kier alpha value is -0.430. The Kier molecular flexibility index (Phi) is 4.77. The van der Waals surface area contributed by atoms with Crippen LogP contribution in [0.5, 0.6) is 0 Å². The second kappa shape index (κ2) is 6.14. The van der Waals surface area contributed by atoms with Crippen LogP contribution in [-0.2, 0) is 4.74 Å². The number of hydrogen-bond donors (Lipinski definition) is 1. The molecule has 0 radical (unpaired) electrons. The highest BCUT2D eigenvalue weighted by Gasteiger charge is 2.25. The van der Waals surface area contributed by atoms with E-state index in [1.807, 2.05) is 24.9 Å². The van der Waals surface area contributed by atoms with Crippen molar-refractivity contribution in [3.8, 4) is 0 Å². The van der Waals surface area contributed by atoms with Gasteiger partial charge >= 0.3 is 0 Å². The molecule has 1 atom stereocenters. The maximum absolute atomic E-state index is 12.4. The molecule has 1 aliphatic heterocycles. The number of morpholine rings is 1. The number of nitrogens with one attached hydrogen (secondary N) is 1. The van der Waals surface area contributed by atoms with E-state index >= 15 is 0 Å². The number of thiophene rings is 1. The first-order chi connectivity index (χ1) is 8.61. The fourth-order valence-corrected chi connectivity index (χ4v) is 3.48. The Morgan fingerprint density at radius 2 is 2.50 bits per heavy atom. The van der Waals surface area contributed by atoms with Crippen molar-refractivity contribution >= 4 is 33.2 Å². The molecule has 2 heterocycles. The lowest BCUT2D eigenvalue weighted by molar-refractivity contribution is -0.0194. The van der Waals surface area contributed by atoms with Crippen molar-refractivity contribution in [3.63, 3.8) is 0 Å². The third-order valence-corrected chi connectivity index (χ3v) is 5.05. The van der Waals surface area contributed by atoms with Crippen molar-refractivity contribution in [2.45, 2.75) is 13.0 Å². The zero-order valence-corrected chi connectivity index (χ0v) is 12.9. The molecule has 0 spiro atoms. The molecule has 18 heavy (non-hydrogen) atoms. The summed E-state index contributed by atoms with van der Waals surface area (Å²) in [6.45, 7) is 4.73. The average Bonchev–Trinajstić information content (AvgIpc) is 2.69. The first-order valence-corrected chi connectivity index (χ1v) is 7.54. The quantitative estimate of drug-likeness (QED) is 0.918. The second-order valence-electron chi connectivity index (χ2n) is 4.37. The van der Waals surface area contributed by atoms with Crippen LogP contribution in [0.3, 0.4) is 0 Å². The van der Waals surface area contributed by atoms with Crippen molar-refractivity contribution in [3.05, 3.63) is 20.3 Å². The summed E-state index contributed by atoms with van der Waals surface area (Å²) in [5.74, 6) is 0.109. The number of rotatable bonds is 3. The predicted octanol–water partition coefficient (Wildman–Crippen LogP) is 1.88. The highest BCUT2D eigenvalue weighted by molar-refractivity contribution is 9.11. The topological polar surface area (TPSA) is 41.6 Å². The normalized spacial score (nSPS) is 20.2. The number of nitrogens with zero attached hydrogens (tertiary/aromatic N) is 1. The minimum atomic E-state index is 0.0946. The van der Waals surface area contributed by atoms with Crippen LogP contribution in [0.25, 0.3) is 0 Å². The summed E-state index contributed by atoms with van der Waals surface area (Å²) < 4.78 is 6.63. The molecule has 4 nitrogen and oxygen atoms in total. The molecular weight excluding hydrogens is 316 g/mol. The van der Waals surface area contributed by atoms with Crippen LogP contribution in [-0.4, -0.2) is 50.2 Å². The molecular formula is C12H17BrN2O2S. The first kappa shape index (κ1) is 14.0. The van der Waals surface area contributed by atoms with E-state index in [-0.39, 0.29) is 12.0 Å². The van der Waals surface area contributed by atoms with E-state index in [0.717, 1.165) is 20.8 Å². The molecule has 1 N–H and O–H groups in total. The molecule has 1 fully saturated rings. The summed E-state index contributed by atoms with van der Waals surface area (Å²) in [4.78, 5) is 15.0. The number of carbonyl (C=O) groups excluding carboxylic acids is 1. The van der Waals surface area contributed by atoms with Gasteiger partial charge in [0, 0.05) is 19.6 Å². The van der Waals surface area contributed by atoms with Crippen LogP contribution in [0.15, 0.2) is 9.85 Å². The minimum Gasteiger partial charge on any atom is -0.373 e. The van der Waals surface area contributed by atoms with Crippen molar-refractivity contribution in [2.75, 3.05) is 33.3 Å². The predicted molar refractivity (Wildman–Crippen MR) is 76.3 cm³/mol. The Morgan fingerprint density at radius 1 is 1.72 bits per heavy atom. The van der Waals surface area contributed by atoms with Gasteiger partial charge in [-0.15, -0.1) is 11.3 Å². The molecule has 1 saturated heterocycles. The standard InChI is InChI=1S/C12H17BrN2O2S/c1-8-5-10(18-11(8)13)12(16)15-3-4-17-9(7-15)6-14-2/h5,9,14H,3-4,6-7H2,1-2H3. The molecule has 0 aliphatic carbocycles. The van der Waals surface area contributed by atoms with Crippen LogP contribution in [0.2, 0.25) is 0 Å². The van der Waals surface area contributed by atoms with Gasteiger partial charge in [-0.1, -0.05) is 0 Å². The van der Waals surface area contributed by atoms with Crippen molar-refractivity contribution in [2.24, 2.45) is 0 Å². The summed E-state index contributed by atoms with van der Waals surface area (Å²) in [6, 6.07) is 1.94. The van der Waals surface area contributed by atoms with Crippen molar-refractivity contribution in [1.29, 1.82) is 0 Å². The van der Waals surface area contributed by atoms with E-state index in [0.29, 0.717) is 19.7 Å². The monoisotopic (exact) mass is 332 g/mol. The minimum absolute atomic E-state index is 0.0946. The third-order valence-electron chi connectivity index (χ3n) is 2.93. The maximum atomic E-state index is 12.4. The van der Waals surface area contributed by atoms with Gasteiger partial charge in [-0.05, 0) is 41.5 Å². The zero-order chi connectivity index (χ0) is 13.1. The fraction of sp³-hybridized carbons (Fsp3) is 0.583. The molecule has 0 saturated carbocycles. The lowest BCUT2D eigenvalue weighted by atomic mass is 10.2. The van der Waals surface area contributed by atoms with Gasteiger partial charge in [-0.25, -0.2) is 0 Å². The molecule has 1 unspecified atom stereocenters. The Morgan fingerprint density at radius 3 is 3.11 bits per heavy atom. The number of ether oxygens (including phenoxy) is 1. The molecule has 1 amide bonds. The number of amides is 1. The number of halogens is 1.